The van der Waals surface area contributed by atoms with E-state index in [1.165, 1.54) is 5.56 Å². The van der Waals surface area contributed by atoms with Crippen LogP contribution in [0, 0.1) is 5.92 Å². The van der Waals surface area contributed by atoms with Gasteiger partial charge in [0.2, 0.25) is 0 Å². The van der Waals surface area contributed by atoms with Crippen LogP contribution in [0.3, 0.4) is 0 Å². The summed E-state index contributed by atoms with van der Waals surface area (Å²) < 4.78 is 10.8. The second-order valence-corrected chi connectivity index (χ2v) is 4.61. The molecule has 0 spiro atoms. The number of hydrogen-bond acceptors (Lipinski definition) is 3. The van der Waals surface area contributed by atoms with Crippen molar-refractivity contribution in [2.75, 3.05) is 33.4 Å². The molecule has 0 amide bonds. The molecule has 1 N–H and O–H groups in total. The second kappa shape index (κ2) is 8.95. The minimum atomic E-state index is 0.526. The van der Waals surface area contributed by atoms with E-state index < -0.39 is 0 Å². The normalized spacial score (nSPS) is 12.4. The summed E-state index contributed by atoms with van der Waals surface area (Å²) in [7, 11) is 1.73. The van der Waals surface area contributed by atoms with Gasteiger partial charge in [-0.3, -0.25) is 0 Å². The maximum atomic E-state index is 5.75. The zero-order valence-corrected chi connectivity index (χ0v) is 11.7. The number of hydrogen-bond donors (Lipinski definition) is 1. The molecule has 0 aromatic heterocycles. The zero-order chi connectivity index (χ0) is 13.2. The largest absolute Gasteiger partial charge is 0.493 e. The van der Waals surface area contributed by atoms with Crippen molar-refractivity contribution in [3.8, 4) is 5.75 Å². The quantitative estimate of drug-likeness (QED) is 0.731. The Kier molecular flexibility index (Phi) is 7.46. The van der Waals surface area contributed by atoms with E-state index in [4.69, 9.17) is 9.47 Å². The highest BCUT2D eigenvalue weighted by Crippen LogP contribution is 2.13. The number of ether oxygens (including phenoxy) is 2. The van der Waals surface area contributed by atoms with Gasteiger partial charge in [0.25, 0.3) is 0 Å². The molecule has 1 rings (SSSR count). The fourth-order valence-corrected chi connectivity index (χ4v) is 1.66. The highest BCUT2D eigenvalue weighted by atomic mass is 16.5. The fraction of sp³-hybridized carbons (Fsp3) is 0.600. The first-order valence-electron chi connectivity index (χ1n) is 6.67. The van der Waals surface area contributed by atoms with Gasteiger partial charge in [-0.05, 0) is 30.7 Å². The summed E-state index contributed by atoms with van der Waals surface area (Å²) in [4.78, 5) is 0. The summed E-state index contributed by atoms with van der Waals surface area (Å²) in [6.07, 6.45) is 0.952. The summed E-state index contributed by atoms with van der Waals surface area (Å²) in [5, 5.41) is 3.32. The van der Waals surface area contributed by atoms with E-state index in [0.29, 0.717) is 5.92 Å². The Hall–Kier alpha value is -1.06. The minimum Gasteiger partial charge on any atom is -0.493 e. The summed E-state index contributed by atoms with van der Waals surface area (Å²) in [6, 6.07) is 8.27. The third-order valence-corrected chi connectivity index (χ3v) is 2.80. The van der Waals surface area contributed by atoms with Crippen molar-refractivity contribution in [3.63, 3.8) is 0 Å². The lowest BCUT2D eigenvalue weighted by molar-refractivity contribution is 0.202. The Balaban J connectivity index is 2.30. The van der Waals surface area contributed by atoms with E-state index >= 15 is 0 Å². The number of nitrogens with one attached hydrogen (secondary N) is 1. The summed E-state index contributed by atoms with van der Waals surface area (Å²) in [5.74, 6) is 1.47. The Labute approximate surface area is 110 Å². The smallest absolute Gasteiger partial charge is 0.119 e. The van der Waals surface area contributed by atoms with Gasteiger partial charge in [0.1, 0.15) is 5.75 Å². The monoisotopic (exact) mass is 251 g/mol. The van der Waals surface area contributed by atoms with Crippen molar-refractivity contribution in [3.05, 3.63) is 29.8 Å². The SMILES string of the molecule is CCNCC(C)COc1ccc(CCOC)cc1. The molecule has 3 nitrogen and oxygen atoms in total. The molecule has 0 aliphatic carbocycles. The van der Waals surface area contributed by atoms with Gasteiger partial charge >= 0.3 is 0 Å². The van der Waals surface area contributed by atoms with Crippen molar-refractivity contribution in [1.29, 1.82) is 0 Å². The molecule has 0 fully saturated rings. The molecule has 0 heterocycles. The van der Waals surface area contributed by atoms with E-state index in [1.807, 2.05) is 12.1 Å². The van der Waals surface area contributed by atoms with Crippen molar-refractivity contribution in [2.24, 2.45) is 5.92 Å². The minimum absolute atomic E-state index is 0.526. The molecule has 1 aromatic rings. The maximum Gasteiger partial charge on any atom is 0.119 e. The third kappa shape index (κ3) is 6.03. The lowest BCUT2D eigenvalue weighted by Gasteiger charge is -2.13. The Morgan fingerprint density at radius 1 is 1.22 bits per heavy atom. The lowest BCUT2D eigenvalue weighted by Crippen LogP contribution is -2.24. The van der Waals surface area contributed by atoms with Crippen LogP contribution < -0.4 is 10.1 Å². The molecule has 0 bridgehead atoms. The predicted octanol–water partition coefficient (Wildman–Crippen LogP) is 2.50. The predicted molar refractivity (Wildman–Crippen MR) is 75.2 cm³/mol. The second-order valence-electron chi connectivity index (χ2n) is 4.61. The first-order valence-corrected chi connectivity index (χ1v) is 6.67. The van der Waals surface area contributed by atoms with Crippen LogP contribution in [-0.2, 0) is 11.2 Å². The highest BCUT2D eigenvalue weighted by molar-refractivity contribution is 5.27. The number of benzene rings is 1. The van der Waals surface area contributed by atoms with Crippen molar-refractivity contribution in [2.45, 2.75) is 20.3 Å². The average Bonchev–Trinajstić information content (AvgIpc) is 2.41. The summed E-state index contributed by atoms with van der Waals surface area (Å²) in [5.41, 5.74) is 1.28. The van der Waals surface area contributed by atoms with Crippen LogP contribution in [0.2, 0.25) is 0 Å². The molecule has 0 saturated heterocycles. The van der Waals surface area contributed by atoms with Crippen LogP contribution >= 0.6 is 0 Å². The first-order chi connectivity index (χ1) is 8.76. The van der Waals surface area contributed by atoms with Gasteiger partial charge in [-0.15, -0.1) is 0 Å². The topological polar surface area (TPSA) is 30.5 Å². The van der Waals surface area contributed by atoms with Crippen molar-refractivity contribution in [1.82, 2.24) is 5.32 Å². The first kappa shape index (κ1) is 15.0. The lowest BCUT2D eigenvalue weighted by atomic mass is 10.1. The Bertz CT molecular complexity index is 311. The van der Waals surface area contributed by atoms with Crippen molar-refractivity contribution >= 4 is 0 Å². The van der Waals surface area contributed by atoms with Crippen LogP contribution in [-0.4, -0.2) is 33.4 Å². The fourth-order valence-electron chi connectivity index (χ4n) is 1.66. The maximum absolute atomic E-state index is 5.75. The van der Waals surface area contributed by atoms with Crippen LogP contribution in [0.4, 0.5) is 0 Å². The van der Waals surface area contributed by atoms with E-state index in [9.17, 15) is 0 Å². The third-order valence-electron chi connectivity index (χ3n) is 2.80. The average molecular weight is 251 g/mol. The van der Waals surface area contributed by atoms with Crippen LogP contribution in [0.25, 0.3) is 0 Å². The van der Waals surface area contributed by atoms with Crippen molar-refractivity contribution < 1.29 is 9.47 Å². The van der Waals surface area contributed by atoms with Gasteiger partial charge in [-0.25, -0.2) is 0 Å². The highest BCUT2D eigenvalue weighted by Gasteiger charge is 2.02. The molecule has 0 aliphatic rings. The Morgan fingerprint density at radius 3 is 2.56 bits per heavy atom. The van der Waals surface area contributed by atoms with Gasteiger partial charge < -0.3 is 14.8 Å². The van der Waals surface area contributed by atoms with Gasteiger partial charge in [0, 0.05) is 19.6 Å². The van der Waals surface area contributed by atoms with Gasteiger partial charge in [0.05, 0.1) is 13.2 Å². The zero-order valence-electron chi connectivity index (χ0n) is 11.7. The van der Waals surface area contributed by atoms with E-state index in [1.54, 1.807) is 7.11 Å². The van der Waals surface area contributed by atoms with Gasteiger partial charge in [-0.2, -0.15) is 0 Å². The Morgan fingerprint density at radius 2 is 1.94 bits per heavy atom. The van der Waals surface area contributed by atoms with E-state index in [0.717, 1.165) is 38.5 Å². The van der Waals surface area contributed by atoms with Crippen LogP contribution in [0.15, 0.2) is 24.3 Å². The molecular weight excluding hydrogens is 226 g/mol. The molecule has 1 aromatic carbocycles. The molecule has 0 aliphatic heterocycles. The van der Waals surface area contributed by atoms with Gasteiger partial charge in [0.15, 0.2) is 0 Å². The molecule has 0 saturated carbocycles. The molecule has 3 heteroatoms. The van der Waals surface area contributed by atoms with E-state index in [-0.39, 0.29) is 0 Å². The van der Waals surface area contributed by atoms with E-state index in [2.05, 4.69) is 31.3 Å². The summed E-state index contributed by atoms with van der Waals surface area (Å²) >= 11 is 0. The molecule has 102 valence electrons. The standard InChI is InChI=1S/C15H25NO2/c1-4-16-11-13(2)12-18-15-7-5-14(6-8-15)9-10-17-3/h5-8,13,16H,4,9-12H2,1-3H3. The molecule has 1 atom stereocenters. The number of methoxy groups -OCH3 is 1. The van der Waals surface area contributed by atoms with Gasteiger partial charge in [-0.1, -0.05) is 26.0 Å². The molecular formula is C15H25NO2. The summed E-state index contributed by atoms with van der Waals surface area (Å²) in [6.45, 7) is 7.84. The van der Waals surface area contributed by atoms with Crippen LogP contribution in [0.5, 0.6) is 5.75 Å². The van der Waals surface area contributed by atoms with Crippen LogP contribution in [0.1, 0.15) is 19.4 Å². The molecule has 18 heavy (non-hydrogen) atoms. The molecule has 0 radical (unpaired) electrons. The molecule has 1 unspecified atom stereocenters. The number of rotatable bonds is 9.